The average Bonchev–Trinajstić information content (AvgIpc) is 2.55. The van der Waals surface area contributed by atoms with E-state index < -0.39 is 0 Å². The molecule has 0 atom stereocenters. The quantitative estimate of drug-likeness (QED) is 0.795. The number of rotatable bonds is 3. The Morgan fingerprint density at radius 1 is 1.00 bits per heavy atom. The minimum atomic E-state index is -0.171. The second kappa shape index (κ2) is 6.40. The molecule has 4 heteroatoms. The van der Waals surface area contributed by atoms with E-state index in [1.165, 1.54) is 0 Å². The highest BCUT2D eigenvalue weighted by Gasteiger charge is 2.08. The minimum absolute atomic E-state index is 0.171. The van der Waals surface area contributed by atoms with E-state index in [1.54, 1.807) is 18.3 Å². The number of nitrogens with one attached hydrogen (secondary N) is 1. The van der Waals surface area contributed by atoms with Gasteiger partial charge in [-0.25, -0.2) is 4.98 Å². The largest absolute Gasteiger partial charge is 0.307 e. The maximum atomic E-state index is 12.3. The lowest BCUT2D eigenvalue weighted by Crippen LogP contribution is -2.13. The molecular weight excluding hydrogens is 286 g/mol. The molecule has 0 unspecified atom stereocenters. The highest BCUT2D eigenvalue weighted by atomic mass is 16.1. The molecule has 23 heavy (non-hydrogen) atoms. The van der Waals surface area contributed by atoms with Crippen molar-refractivity contribution in [1.82, 2.24) is 9.97 Å². The third kappa shape index (κ3) is 3.61. The van der Waals surface area contributed by atoms with Gasteiger partial charge < -0.3 is 5.32 Å². The summed E-state index contributed by atoms with van der Waals surface area (Å²) in [5.41, 5.74) is 4.40. The zero-order valence-corrected chi connectivity index (χ0v) is 13.1. The number of benzene rings is 1. The smallest absolute Gasteiger partial charge is 0.256 e. The molecule has 2 heterocycles. The molecule has 2 aromatic heterocycles. The molecule has 4 nitrogen and oxygen atoms in total. The first kappa shape index (κ1) is 14.9. The number of carbonyl (C=O) groups is 1. The lowest BCUT2D eigenvalue weighted by molar-refractivity contribution is 0.102. The van der Waals surface area contributed by atoms with Gasteiger partial charge in [-0.2, -0.15) is 0 Å². The van der Waals surface area contributed by atoms with Crippen LogP contribution < -0.4 is 5.32 Å². The maximum Gasteiger partial charge on any atom is 0.256 e. The Bertz CT molecular complexity index is 807. The highest BCUT2D eigenvalue weighted by Crippen LogP contribution is 2.17. The number of hydrogen-bond acceptors (Lipinski definition) is 3. The van der Waals surface area contributed by atoms with Gasteiger partial charge in [-0.3, -0.25) is 9.78 Å². The Morgan fingerprint density at radius 2 is 1.78 bits per heavy atom. The molecule has 0 aliphatic rings. The van der Waals surface area contributed by atoms with Crippen molar-refractivity contribution >= 4 is 11.7 Å². The van der Waals surface area contributed by atoms with Crippen molar-refractivity contribution in [3.05, 3.63) is 77.6 Å². The SMILES string of the molecule is Cc1cc(C)nc(NC(=O)c2ccc(-c3ccccn3)cc2)c1. The normalized spacial score (nSPS) is 10.3. The molecule has 0 aliphatic carbocycles. The van der Waals surface area contributed by atoms with Crippen molar-refractivity contribution in [1.29, 1.82) is 0 Å². The van der Waals surface area contributed by atoms with E-state index in [4.69, 9.17) is 0 Å². The van der Waals surface area contributed by atoms with Crippen LogP contribution in [0.5, 0.6) is 0 Å². The van der Waals surface area contributed by atoms with Gasteiger partial charge in [-0.1, -0.05) is 18.2 Å². The van der Waals surface area contributed by atoms with Gasteiger partial charge in [-0.05, 0) is 55.8 Å². The summed E-state index contributed by atoms with van der Waals surface area (Å²) >= 11 is 0. The maximum absolute atomic E-state index is 12.3. The first-order chi connectivity index (χ1) is 11.1. The highest BCUT2D eigenvalue weighted by molar-refractivity contribution is 6.04. The number of pyridine rings is 2. The van der Waals surface area contributed by atoms with E-state index in [0.717, 1.165) is 22.5 Å². The van der Waals surface area contributed by atoms with Crippen molar-refractivity contribution in [2.45, 2.75) is 13.8 Å². The van der Waals surface area contributed by atoms with Crippen molar-refractivity contribution in [2.75, 3.05) is 5.32 Å². The molecule has 3 aromatic rings. The van der Waals surface area contributed by atoms with E-state index in [0.29, 0.717) is 11.4 Å². The van der Waals surface area contributed by atoms with Crippen LogP contribution in [0.15, 0.2) is 60.8 Å². The zero-order valence-electron chi connectivity index (χ0n) is 13.1. The number of aromatic nitrogens is 2. The molecule has 0 saturated heterocycles. The van der Waals surface area contributed by atoms with Gasteiger partial charge in [0.2, 0.25) is 0 Å². The van der Waals surface area contributed by atoms with E-state index >= 15 is 0 Å². The summed E-state index contributed by atoms with van der Waals surface area (Å²) in [6.07, 6.45) is 1.75. The fourth-order valence-electron chi connectivity index (χ4n) is 2.42. The fraction of sp³-hybridized carbons (Fsp3) is 0.105. The summed E-state index contributed by atoms with van der Waals surface area (Å²) in [5, 5.41) is 2.83. The first-order valence-electron chi connectivity index (χ1n) is 7.40. The van der Waals surface area contributed by atoms with E-state index in [2.05, 4.69) is 15.3 Å². The molecule has 0 saturated carbocycles. The summed E-state index contributed by atoms with van der Waals surface area (Å²) in [4.78, 5) is 20.9. The van der Waals surface area contributed by atoms with Crippen LogP contribution in [0.2, 0.25) is 0 Å². The lowest BCUT2D eigenvalue weighted by atomic mass is 10.1. The Labute approximate surface area is 135 Å². The van der Waals surface area contributed by atoms with Crippen LogP contribution in [0.25, 0.3) is 11.3 Å². The summed E-state index contributed by atoms with van der Waals surface area (Å²) in [5.74, 6) is 0.399. The van der Waals surface area contributed by atoms with Crippen LogP contribution in [0.1, 0.15) is 21.6 Å². The number of aryl methyl sites for hydroxylation is 2. The predicted molar refractivity (Wildman–Crippen MR) is 91.3 cm³/mol. The number of carbonyl (C=O) groups excluding carboxylic acids is 1. The standard InChI is InChI=1S/C19H17N3O/c1-13-11-14(2)21-18(12-13)22-19(23)16-8-6-15(7-9-16)17-5-3-4-10-20-17/h3-12H,1-2H3,(H,21,22,23). The van der Waals surface area contributed by atoms with Gasteiger partial charge in [0.25, 0.3) is 5.91 Å². The zero-order chi connectivity index (χ0) is 16.2. The Morgan fingerprint density at radius 3 is 2.43 bits per heavy atom. The van der Waals surface area contributed by atoms with Crippen molar-refractivity contribution < 1.29 is 4.79 Å². The molecule has 1 N–H and O–H groups in total. The van der Waals surface area contributed by atoms with Crippen molar-refractivity contribution in [2.24, 2.45) is 0 Å². The molecule has 1 aromatic carbocycles. The van der Waals surface area contributed by atoms with E-state index in [-0.39, 0.29) is 5.91 Å². The van der Waals surface area contributed by atoms with Crippen LogP contribution >= 0.6 is 0 Å². The Hall–Kier alpha value is -3.01. The lowest BCUT2D eigenvalue weighted by Gasteiger charge is -2.07. The van der Waals surface area contributed by atoms with Crippen molar-refractivity contribution in [3.8, 4) is 11.3 Å². The summed E-state index contributed by atoms with van der Waals surface area (Å²) in [7, 11) is 0. The van der Waals surface area contributed by atoms with Gasteiger partial charge in [0.1, 0.15) is 5.82 Å². The van der Waals surface area contributed by atoms with Gasteiger partial charge in [0.15, 0.2) is 0 Å². The molecule has 1 amide bonds. The van der Waals surface area contributed by atoms with E-state index in [9.17, 15) is 4.79 Å². The third-order valence-electron chi connectivity index (χ3n) is 3.45. The third-order valence-corrected chi connectivity index (χ3v) is 3.45. The molecule has 3 rings (SSSR count). The number of nitrogens with zero attached hydrogens (tertiary/aromatic N) is 2. The summed E-state index contributed by atoms with van der Waals surface area (Å²) < 4.78 is 0. The second-order valence-corrected chi connectivity index (χ2v) is 5.42. The Balaban J connectivity index is 1.78. The Kier molecular flexibility index (Phi) is 4.15. The van der Waals surface area contributed by atoms with Crippen LogP contribution in [-0.2, 0) is 0 Å². The predicted octanol–water partition coefficient (Wildman–Crippen LogP) is 4.01. The van der Waals surface area contributed by atoms with Crippen LogP contribution in [0, 0.1) is 13.8 Å². The molecule has 0 radical (unpaired) electrons. The molecule has 0 spiro atoms. The average molecular weight is 303 g/mol. The summed E-state index contributed by atoms with van der Waals surface area (Å²) in [6, 6.07) is 17.0. The molecule has 0 bridgehead atoms. The van der Waals surface area contributed by atoms with E-state index in [1.807, 2.05) is 56.3 Å². The molecule has 0 aliphatic heterocycles. The molecule has 0 fully saturated rings. The minimum Gasteiger partial charge on any atom is -0.307 e. The van der Waals surface area contributed by atoms with Crippen LogP contribution in [-0.4, -0.2) is 15.9 Å². The summed E-state index contributed by atoms with van der Waals surface area (Å²) in [6.45, 7) is 3.89. The van der Waals surface area contributed by atoms with Gasteiger partial charge in [0.05, 0.1) is 5.69 Å². The monoisotopic (exact) mass is 303 g/mol. The van der Waals surface area contributed by atoms with Gasteiger partial charge in [-0.15, -0.1) is 0 Å². The van der Waals surface area contributed by atoms with Gasteiger partial charge >= 0.3 is 0 Å². The number of anilines is 1. The fourth-order valence-corrected chi connectivity index (χ4v) is 2.42. The van der Waals surface area contributed by atoms with Crippen LogP contribution in [0.4, 0.5) is 5.82 Å². The first-order valence-corrected chi connectivity index (χ1v) is 7.40. The molecular formula is C19H17N3O. The second-order valence-electron chi connectivity index (χ2n) is 5.42. The molecule has 114 valence electrons. The van der Waals surface area contributed by atoms with Crippen molar-refractivity contribution in [3.63, 3.8) is 0 Å². The number of hydrogen-bond donors (Lipinski definition) is 1. The van der Waals surface area contributed by atoms with Gasteiger partial charge in [0, 0.05) is 23.0 Å². The number of amides is 1. The topological polar surface area (TPSA) is 54.9 Å². The van der Waals surface area contributed by atoms with Crippen LogP contribution in [0.3, 0.4) is 0 Å².